The number of amides is 1. The van der Waals surface area contributed by atoms with E-state index in [0.717, 1.165) is 5.52 Å². The van der Waals surface area contributed by atoms with Gasteiger partial charge in [-0.3, -0.25) is 14.7 Å². The molecule has 0 radical (unpaired) electrons. The van der Waals surface area contributed by atoms with Gasteiger partial charge in [-0.15, -0.1) is 0 Å². The lowest BCUT2D eigenvalue weighted by Gasteiger charge is -2.27. The summed E-state index contributed by atoms with van der Waals surface area (Å²) in [5.41, 5.74) is 4.43. The van der Waals surface area contributed by atoms with Gasteiger partial charge in [0.25, 0.3) is 5.91 Å². The zero-order valence-corrected chi connectivity index (χ0v) is 21.2. The number of fused-ring (bicyclic) bond motifs is 4. The number of imidazole rings is 1. The van der Waals surface area contributed by atoms with Crippen LogP contribution < -0.4 is 4.74 Å². The molecule has 2 N–H and O–H groups in total. The number of carbonyl (C=O) groups excluding carboxylic acids is 2. The van der Waals surface area contributed by atoms with Gasteiger partial charge in [-0.2, -0.15) is 5.26 Å². The highest BCUT2D eigenvalue weighted by molar-refractivity contribution is 6.15. The maximum Gasteiger partial charge on any atom is 0.254 e. The van der Waals surface area contributed by atoms with E-state index >= 15 is 0 Å². The van der Waals surface area contributed by atoms with E-state index in [1.54, 1.807) is 58.1 Å². The van der Waals surface area contributed by atoms with Crippen LogP contribution in [-0.2, 0) is 4.74 Å². The van der Waals surface area contributed by atoms with Gasteiger partial charge in [0.15, 0.2) is 5.65 Å². The van der Waals surface area contributed by atoms with Crippen molar-refractivity contribution in [3.05, 3.63) is 95.3 Å². The van der Waals surface area contributed by atoms with Crippen molar-refractivity contribution in [1.82, 2.24) is 24.5 Å². The Labute approximate surface area is 227 Å². The van der Waals surface area contributed by atoms with Gasteiger partial charge in [-0.05, 0) is 48.5 Å². The maximum absolute atomic E-state index is 13.7. The molecule has 1 aliphatic heterocycles. The molecule has 1 aliphatic rings. The Hall–Kier alpha value is -5.40. The van der Waals surface area contributed by atoms with E-state index in [2.05, 4.69) is 16.2 Å². The molecule has 0 saturated carbocycles. The van der Waals surface area contributed by atoms with E-state index in [1.165, 1.54) is 0 Å². The van der Waals surface area contributed by atoms with Gasteiger partial charge in [-0.25, -0.2) is 9.50 Å². The molecule has 1 fully saturated rings. The second kappa shape index (κ2) is 9.41. The number of H-pyrrole nitrogens is 2. The van der Waals surface area contributed by atoms with Crippen molar-refractivity contribution in [2.75, 3.05) is 26.3 Å². The molecule has 3 aromatic heterocycles. The van der Waals surface area contributed by atoms with Crippen LogP contribution in [0.2, 0.25) is 0 Å². The summed E-state index contributed by atoms with van der Waals surface area (Å²) in [6.45, 7) is 2.11. The van der Waals surface area contributed by atoms with Crippen LogP contribution in [0.25, 0.3) is 27.6 Å². The molecule has 1 saturated heterocycles. The van der Waals surface area contributed by atoms with Crippen molar-refractivity contribution in [3.8, 4) is 17.6 Å². The fourth-order valence-electron chi connectivity index (χ4n) is 5.11. The predicted octanol–water partition coefficient (Wildman–Crippen LogP) is 4.66. The molecule has 1 amide bonds. The maximum atomic E-state index is 13.7. The number of hydrogen-bond acceptors (Lipinski definition) is 6. The van der Waals surface area contributed by atoms with E-state index in [0.29, 0.717) is 82.3 Å². The summed E-state index contributed by atoms with van der Waals surface area (Å²) < 4.78 is 13.1. The van der Waals surface area contributed by atoms with Crippen molar-refractivity contribution in [2.24, 2.45) is 0 Å². The van der Waals surface area contributed by atoms with Crippen molar-refractivity contribution in [2.45, 2.75) is 0 Å². The average Bonchev–Trinajstić information content (AvgIpc) is 3.70. The highest BCUT2D eigenvalue weighted by atomic mass is 16.5. The third-order valence-electron chi connectivity index (χ3n) is 7.09. The summed E-state index contributed by atoms with van der Waals surface area (Å²) in [6, 6.07) is 21.7. The lowest BCUT2D eigenvalue weighted by molar-refractivity contribution is 0.0304. The summed E-state index contributed by atoms with van der Waals surface area (Å²) in [7, 11) is 0. The van der Waals surface area contributed by atoms with Gasteiger partial charge < -0.3 is 19.4 Å². The number of ketones is 1. The normalized spacial score (nSPS) is 13.6. The van der Waals surface area contributed by atoms with Gasteiger partial charge in [0.05, 0.1) is 47.1 Å². The zero-order valence-electron chi connectivity index (χ0n) is 21.2. The average molecular weight is 531 g/mol. The molecular weight excluding hydrogens is 508 g/mol. The first-order valence-electron chi connectivity index (χ1n) is 12.8. The first kappa shape index (κ1) is 23.7. The third kappa shape index (κ3) is 3.97. The summed E-state index contributed by atoms with van der Waals surface area (Å²) in [5, 5.41) is 13.0. The molecule has 3 aromatic carbocycles. The molecule has 0 atom stereocenters. The highest BCUT2D eigenvalue weighted by Crippen LogP contribution is 2.29. The number of aromatic amines is 2. The largest absolute Gasteiger partial charge is 0.457 e. The first-order chi connectivity index (χ1) is 19.6. The molecule has 10 nitrogen and oxygen atoms in total. The van der Waals surface area contributed by atoms with Crippen LogP contribution in [0.4, 0.5) is 0 Å². The van der Waals surface area contributed by atoms with Crippen molar-refractivity contribution in [1.29, 1.82) is 5.26 Å². The van der Waals surface area contributed by atoms with E-state index < -0.39 is 0 Å². The van der Waals surface area contributed by atoms with Crippen LogP contribution >= 0.6 is 0 Å². The predicted molar refractivity (Wildman–Crippen MR) is 147 cm³/mol. The molecule has 0 bridgehead atoms. The number of carbonyl (C=O) groups is 2. The molecule has 4 heterocycles. The summed E-state index contributed by atoms with van der Waals surface area (Å²) in [4.78, 5) is 36.5. The fourth-order valence-corrected chi connectivity index (χ4v) is 5.11. The van der Waals surface area contributed by atoms with E-state index in [1.807, 2.05) is 24.3 Å². The van der Waals surface area contributed by atoms with Crippen LogP contribution in [0.15, 0.2) is 72.9 Å². The second-order valence-electron chi connectivity index (χ2n) is 9.53. The smallest absolute Gasteiger partial charge is 0.254 e. The quantitative estimate of drug-likeness (QED) is 0.312. The molecule has 0 unspecified atom stereocenters. The first-order valence-corrected chi connectivity index (χ1v) is 12.8. The van der Waals surface area contributed by atoms with Gasteiger partial charge >= 0.3 is 0 Å². The molecule has 7 rings (SSSR count). The second-order valence-corrected chi connectivity index (χ2v) is 9.53. The molecule has 6 aromatic rings. The summed E-state index contributed by atoms with van der Waals surface area (Å²) in [5.74, 6) is 0.786. The molecule has 0 spiro atoms. The third-order valence-corrected chi connectivity index (χ3v) is 7.09. The lowest BCUT2D eigenvalue weighted by atomic mass is 10.1. The molecule has 10 heteroatoms. The van der Waals surface area contributed by atoms with Crippen LogP contribution in [-0.4, -0.2) is 62.5 Å². The van der Waals surface area contributed by atoms with E-state index in [9.17, 15) is 9.59 Å². The Balaban J connectivity index is 1.21. The number of morpholine rings is 1. The summed E-state index contributed by atoms with van der Waals surface area (Å²) in [6.07, 6.45) is 1.63. The van der Waals surface area contributed by atoms with Gasteiger partial charge in [-0.1, -0.05) is 12.1 Å². The number of aromatic nitrogens is 4. The van der Waals surface area contributed by atoms with Crippen molar-refractivity contribution < 1.29 is 19.1 Å². The van der Waals surface area contributed by atoms with E-state index in [-0.39, 0.29) is 11.7 Å². The molecule has 196 valence electrons. The number of ether oxygens (including phenoxy) is 2. The fraction of sp³-hybridized carbons (Fsp3) is 0.133. The zero-order chi connectivity index (χ0) is 27.2. The Bertz CT molecular complexity index is 1990. The molecular formula is C30H22N6O4. The number of rotatable bonds is 5. The van der Waals surface area contributed by atoms with Crippen LogP contribution in [0, 0.1) is 11.3 Å². The molecule has 0 aliphatic carbocycles. The Morgan fingerprint density at radius 2 is 1.80 bits per heavy atom. The number of benzene rings is 3. The van der Waals surface area contributed by atoms with Gasteiger partial charge in [0.2, 0.25) is 5.78 Å². The minimum Gasteiger partial charge on any atom is -0.457 e. The number of nitrogens with one attached hydrogen (secondary N) is 2. The number of nitriles is 1. The van der Waals surface area contributed by atoms with Crippen LogP contribution in [0.1, 0.15) is 32.0 Å². The monoisotopic (exact) mass is 530 g/mol. The SMILES string of the molecule is N#Cc1cccc(Oc2ccc3c(c2)nc2c(C(=O)c4cc5c(C(=O)N6CCOCC6)cccc5[nH]4)c[nH]n23)c1. The summed E-state index contributed by atoms with van der Waals surface area (Å²) >= 11 is 0. The van der Waals surface area contributed by atoms with Crippen molar-refractivity contribution >= 4 is 39.3 Å². The molecule has 40 heavy (non-hydrogen) atoms. The lowest BCUT2D eigenvalue weighted by Crippen LogP contribution is -2.40. The van der Waals surface area contributed by atoms with Crippen LogP contribution in [0.3, 0.4) is 0 Å². The van der Waals surface area contributed by atoms with Gasteiger partial charge in [0.1, 0.15) is 11.5 Å². The topological polar surface area (TPSA) is 129 Å². The van der Waals surface area contributed by atoms with Crippen molar-refractivity contribution in [3.63, 3.8) is 0 Å². The van der Waals surface area contributed by atoms with E-state index in [4.69, 9.17) is 19.7 Å². The number of nitrogens with zero attached hydrogens (tertiary/aromatic N) is 4. The Kier molecular flexibility index (Phi) is 5.58. The minimum atomic E-state index is -0.243. The number of hydrogen-bond donors (Lipinski definition) is 2. The standard InChI is InChI=1S/C30H22N6O4/c31-16-18-3-1-4-19(13-18)40-20-7-8-27-25(14-20)34-29-23(17-32-36(27)29)28(37)26-15-22-21(5-2-6-24(22)33-26)30(38)35-9-11-39-12-10-35/h1-8,13-15,17,32-33H,9-12H2. The Morgan fingerprint density at radius 3 is 2.65 bits per heavy atom. The van der Waals surface area contributed by atoms with Crippen LogP contribution in [0.5, 0.6) is 11.5 Å². The van der Waals surface area contributed by atoms with Gasteiger partial charge in [0, 0.05) is 41.8 Å². The minimum absolute atomic E-state index is 0.0761. The Morgan fingerprint density at radius 1 is 0.975 bits per heavy atom. The highest BCUT2D eigenvalue weighted by Gasteiger charge is 2.24.